The largest absolute Gasteiger partial charge is 0.497 e. The number of ether oxygens (including phenoxy) is 2. The summed E-state index contributed by atoms with van der Waals surface area (Å²) in [6.07, 6.45) is 0.630. The lowest BCUT2D eigenvalue weighted by atomic mass is 10.1. The summed E-state index contributed by atoms with van der Waals surface area (Å²) in [5.74, 6) is 1.86. The SMILES string of the molecule is COc1ccc(S(=O)(=O)N2CCc3cc4cc(OC)ccc4nc32)cc1. The molecule has 0 amide bonds. The molecule has 0 fully saturated rings. The summed E-state index contributed by atoms with van der Waals surface area (Å²) in [5, 5.41) is 0.937. The number of nitrogens with zero attached hydrogens (tertiary/aromatic N) is 2. The van der Waals surface area contributed by atoms with Crippen LogP contribution < -0.4 is 13.8 Å². The maximum Gasteiger partial charge on any atom is 0.265 e. The van der Waals surface area contributed by atoms with Gasteiger partial charge < -0.3 is 9.47 Å². The third-order valence-corrected chi connectivity index (χ3v) is 6.35. The van der Waals surface area contributed by atoms with E-state index in [0.29, 0.717) is 24.5 Å². The zero-order chi connectivity index (χ0) is 18.3. The smallest absolute Gasteiger partial charge is 0.265 e. The minimum atomic E-state index is -3.67. The summed E-state index contributed by atoms with van der Waals surface area (Å²) in [6, 6.07) is 13.9. The first-order valence-corrected chi connectivity index (χ1v) is 9.61. The van der Waals surface area contributed by atoms with E-state index in [1.807, 2.05) is 24.3 Å². The van der Waals surface area contributed by atoms with Gasteiger partial charge >= 0.3 is 0 Å². The molecule has 1 aliphatic heterocycles. The van der Waals surface area contributed by atoms with Crippen LogP contribution >= 0.6 is 0 Å². The van der Waals surface area contributed by atoms with Crippen molar-refractivity contribution in [1.82, 2.24) is 4.98 Å². The monoisotopic (exact) mass is 370 g/mol. The predicted octanol–water partition coefficient (Wildman–Crippen LogP) is 3.00. The van der Waals surface area contributed by atoms with Gasteiger partial charge in [0.25, 0.3) is 10.0 Å². The van der Waals surface area contributed by atoms with Gasteiger partial charge in [0.2, 0.25) is 0 Å². The number of anilines is 1. The van der Waals surface area contributed by atoms with E-state index < -0.39 is 10.0 Å². The fourth-order valence-electron chi connectivity index (χ4n) is 3.15. The Labute approximate surface area is 152 Å². The molecule has 1 aliphatic rings. The van der Waals surface area contributed by atoms with E-state index in [-0.39, 0.29) is 4.90 Å². The van der Waals surface area contributed by atoms with Crippen molar-refractivity contribution < 1.29 is 17.9 Å². The van der Waals surface area contributed by atoms with Gasteiger partial charge in [0, 0.05) is 11.9 Å². The average Bonchev–Trinajstić information content (AvgIpc) is 3.09. The standard InChI is InChI=1S/C19H18N2O4S/c1-24-15-3-6-17(7-4-15)26(22,23)21-10-9-13-11-14-12-16(25-2)5-8-18(14)20-19(13)21/h3-8,11-12H,9-10H2,1-2H3. The van der Waals surface area contributed by atoms with Gasteiger partial charge in [0.15, 0.2) is 0 Å². The van der Waals surface area contributed by atoms with E-state index in [4.69, 9.17) is 9.47 Å². The molecular formula is C19H18N2O4S. The third-order valence-electron chi connectivity index (χ3n) is 4.55. The van der Waals surface area contributed by atoms with Crippen molar-refractivity contribution in [2.45, 2.75) is 11.3 Å². The van der Waals surface area contributed by atoms with Gasteiger partial charge in [0.05, 0.1) is 24.6 Å². The number of rotatable bonds is 4. The molecule has 0 aliphatic carbocycles. The van der Waals surface area contributed by atoms with Crippen LogP contribution in [0, 0.1) is 0 Å². The molecule has 26 heavy (non-hydrogen) atoms. The maximum atomic E-state index is 13.1. The van der Waals surface area contributed by atoms with E-state index in [1.54, 1.807) is 38.5 Å². The van der Waals surface area contributed by atoms with Gasteiger partial charge in [-0.05, 0) is 60.5 Å². The first-order chi connectivity index (χ1) is 12.5. The molecule has 1 aromatic heterocycles. The molecule has 4 rings (SSSR count). The Morgan fingerprint density at radius 2 is 1.65 bits per heavy atom. The van der Waals surface area contributed by atoms with E-state index in [0.717, 1.165) is 22.2 Å². The first kappa shape index (κ1) is 16.7. The van der Waals surface area contributed by atoms with Crippen molar-refractivity contribution in [2.24, 2.45) is 0 Å². The number of hydrogen-bond donors (Lipinski definition) is 0. The highest BCUT2D eigenvalue weighted by atomic mass is 32.2. The summed E-state index contributed by atoms with van der Waals surface area (Å²) in [6.45, 7) is 0.379. The van der Waals surface area contributed by atoms with Crippen LogP contribution in [0.2, 0.25) is 0 Å². The fourth-order valence-corrected chi connectivity index (χ4v) is 4.60. The summed E-state index contributed by atoms with van der Waals surface area (Å²) in [4.78, 5) is 4.83. The van der Waals surface area contributed by atoms with Gasteiger partial charge in [0.1, 0.15) is 17.3 Å². The molecule has 0 N–H and O–H groups in total. The van der Waals surface area contributed by atoms with E-state index in [9.17, 15) is 8.42 Å². The van der Waals surface area contributed by atoms with Crippen molar-refractivity contribution >= 4 is 26.7 Å². The molecule has 0 bridgehead atoms. The van der Waals surface area contributed by atoms with Gasteiger partial charge in [-0.15, -0.1) is 0 Å². The lowest BCUT2D eigenvalue weighted by Crippen LogP contribution is -2.29. The Balaban J connectivity index is 1.77. The van der Waals surface area contributed by atoms with Crippen molar-refractivity contribution in [3.63, 3.8) is 0 Å². The van der Waals surface area contributed by atoms with Crippen LogP contribution in [0.5, 0.6) is 11.5 Å². The van der Waals surface area contributed by atoms with Crippen LogP contribution in [0.15, 0.2) is 53.4 Å². The third kappa shape index (κ3) is 2.64. The summed E-state index contributed by atoms with van der Waals surface area (Å²) in [5.41, 5.74) is 1.66. The van der Waals surface area contributed by atoms with Gasteiger partial charge in [-0.1, -0.05) is 0 Å². The molecule has 6 nitrogen and oxygen atoms in total. The number of benzene rings is 2. The van der Waals surface area contributed by atoms with E-state index in [1.165, 1.54) is 4.31 Å². The van der Waals surface area contributed by atoms with Gasteiger partial charge in [-0.3, -0.25) is 0 Å². The van der Waals surface area contributed by atoms with Crippen LogP contribution in [0.25, 0.3) is 10.9 Å². The second-order valence-corrected chi connectivity index (χ2v) is 7.89. The maximum absolute atomic E-state index is 13.1. The highest BCUT2D eigenvalue weighted by molar-refractivity contribution is 7.92. The zero-order valence-corrected chi connectivity index (χ0v) is 15.3. The number of aromatic nitrogens is 1. The summed E-state index contributed by atoms with van der Waals surface area (Å²) in [7, 11) is -0.506. The van der Waals surface area contributed by atoms with Crippen LogP contribution in [0.1, 0.15) is 5.56 Å². The summed E-state index contributed by atoms with van der Waals surface area (Å²) >= 11 is 0. The van der Waals surface area contributed by atoms with Gasteiger partial charge in [-0.25, -0.2) is 17.7 Å². The average molecular weight is 370 g/mol. The molecule has 0 atom stereocenters. The van der Waals surface area contributed by atoms with Crippen molar-refractivity contribution in [2.75, 3.05) is 25.1 Å². The number of pyridine rings is 1. The Morgan fingerprint density at radius 3 is 2.35 bits per heavy atom. The minimum absolute atomic E-state index is 0.225. The zero-order valence-electron chi connectivity index (χ0n) is 14.5. The Morgan fingerprint density at radius 1 is 0.962 bits per heavy atom. The fraction of sp³-hybridized carbons (Fsp3) is 0.211. The van der Waals surface area contributed by atoms with Crippen molar-refractivity contribution in [3.05, 3.63) is 54.1 Å². The molecule has 7 heteroatoms. The second kappa shape index (κ2) is 6.17. The molecule has 0 saturated heterocycles. The van der Waals surface area contributed by atoms with E-state index >= 15 is 0 Å². The molecule has 0 radical (unpaired) electrons. The number of methoxy groups -OCH3 is 2. The molecule has 134 valence electrons. The molecule has 2 heterocycles. The van der Waals surface area contributed by atoms with Crippen LogP contribution in [-0.2, 0) is 16.4 Å². The number of hydrogen-bond acceptors (Lipinski definition) is 5. The molecule has 3 aromatic rings. The lowest BCUT2D eigenvalue weighted by Gasteiger charge is -2.19. The Bertz CT molecular complexity index is 1080. The highest BCUT2D eigenvalue weighted by Crippen LogP contribution is 2.34. The van der Waals surface area contributed by atoms with Crippen LogP contribution in [-0.4, -0.2) is 34.2 Å². The highest BCUT2D eigenvalue weighted by Gasteiger charge is 2.32. The molecule has 2 aromatic carbocycles. The number of fused-ring (bicyclic) bond motifs is 2. The predicted molar refractivity (Wildman–Crippen MR) is 99.5 cm³/mol. The Kier molecular flexibility index (Phi) is 3.96. The molecular weight excluding hydrogens is 352 g/mol. The first-order valence-electron chi connectivity index (χ1n) is 8.17. The molecule has 0 saturated carbocycles. The van der Waals surface area contributed by atoms with E-state index in [2.05, 4.69) is 4.98 Å². The second-order valence-electron chi connectivity index (χ2n) is 6.03. The topological polar surface area (TPSA) is 68.7 Å². The van der Waals surface area contributed by atoms with Crippen molar-refractivity contribution in [1.29, 1.82) is 0 Å². The van der Waals surface area contributed by atoms with Crippen LogP contribution in [0.3, 0.4) is 0 Å². The quantitative estimate of drug-likeness (QED) is 0.706. The summed E-state index contributed by atoms with van der Waals surface area (Å²) < 4.78 is 37.8. The number of sulfonamides is 1. The Hall–Kier alpha value is -2.80. The van der Waals surface area contributed by atoms with Gasteiger partial charge in [-0.2, -0.15) is 0 Å². The normalized spacial score (nSPS) is 13.7. The van der Waals surface area contributed by atoms with Crippen LogP contribution in [0.4, 0.5) is 5.82 Å². The minimum Gasteiger partial charge on any atom is -0.497 e. The lowest BCUT2D eigenvalue weighted by molar-refractivity contribution is 0.414. The van der Waals surface area contributed by atoms with Crippen molar-refractivity contribution in [3.8, 4) is 11.5 Å². The molecule has 0 spiro atoms. The molecule has 0 unspecified atom stereocenters.